The molecule has 1 aliphatic heterocycles. The Hall–Kier alpha value is -2.93. The second-order valence-electron chi connectivity index (χ2n) is 5.38. The predicted octanol–water partition coefficient (Wildman–Crippen LogP) is 3.09. The van der Waals surface area contributed by atoms with Crippen molar-refractivity contribution in [1.29, 1.82) is 0 Å². The van der Waals surface area contributed by atoms with Gasteiger partial charge in [0.25, 0.3) is 11.8 Å². The van der Waals surface area contributed by atoms with Gasteiger partial charge in [-0.15, -0.1) is 0 Å². The molecule has 0 bridgehead atoms. The van der Waals surface area contributed by atoms with Crippen LogP contribution in [0.2, 0.25) is 5.02 Å². The number of anilines is 2. The summed E-state index contributed by atoms with van der Waals surface area (Å²) in [6.07, 6.45) is 0. The summed E-state index contributed by atoms with van der Waals surface area (Å²) >= 11 is 6.15. The highest BCUT2D eigenvalue weighted by Gasteiger charge is 2.19. The number of rotatable bonds is 6. The van der Waals surface area contributed by atoms with Crippen LogP contribution in [0.15, 0.2) is 36.4 Å². The summed E-state index contributed by atoms with van der Waals surface area (Å²) in [5.74, 6) is 0.836. The summed E-state index contributed by atoms with van der Waals surface area (Å²) < 4.78 is 16.3. The fourth-order valence-electron chi connectivity index (χ4n) is 2.37. The Morgan fingerprint density at radius 3 is 2.73 bits per heavy atom. The largest absolute Gasteiger partial charge is 0.490 e. The van der Waals surface area contributed by atoms with Gasteiger partial charge >= 0.3 is 0 Å². The van der Waals surface area contributed by atoms with Crippen molar-refractivity contribution < 1.29 is 23.8 Å². The molecule has 3 rings (SSSR count). The highest BCUT2D eigenvalue weighted by atomic mass is 35.5. The third kappa shape index (κ3) is 4.18. The van der Waals surface area contributed by atoms with Crippen LogP contribution in [-0.2, 0) is 9.59 Å². The summed E-state index contributed by atoms with van der Waals surface area (Å²) in [6.45, 7) is 2.06. The van der Waals surface area contributed by atoms with Gasteiger partial charge in [0.1, 0.15) is 5.75 Å². The highest BCUT2D eigenvalue weighted by Crippen LogP contribution is 2.36. The number of ether oxygens (including phenoxy) is 3. The summed E-state index contributed by atoms with van der Waals surface area (Å²) in [5, 5.41) is 5.59. The topological polar surface area (TPSA) is 85.9 Å². The molecule has 0 aromatic heterocycles. The third-order valence-corrected chi connectivity index (χ3v) is 3.80. The second kappa shape index (κ2) is 7.97. The van der Waals surface area contributed by atoms with E-state index in [1.54, 1.807) is 24.3 Å². The lowest BCUT2D eigenvalue weighted by molar-refractivity contribution is -0.119. The van der Waals surface area contributed by atoms with Crippen LogP contribution < -0.4 is 24.8 Å². The van der Waals surface area contributed by atoms with Crippen LogP contribution in [0.1, 0.15) is 6.92 Å². The molecule has 0 aliphatic carbocycles. The second-order valence-corrected chi connectivity index (χ2v) is 5.79. The molecular formula is C18H17ClN2O5. The molecule has 136 valence electrons. The van der Waals surface area contributed by atoms with Gasteiger partial charge in [0, 0.05) is 6.07 Å². The number of para-hydroxylation sites is 2. The van der Waals surface area contributed by atoms with E-state index >= 15 is 0 Å². The van der Waals surface area contributed by atoms with E-state index in [2.05, 4.69) is 10.6 Å². The Bertz CT molecular complexity index is 840. The Balaban J connectivity index is 1.65. The number of fused-ring (bicyclic) bond motifs is 1. The number of hydrogen-bond donors (Lipinski definition) is 2. The standard InChI is InChI=1S/C18H17ClN2O5/c1-2-24-14-5-3-4-6-15(14)25-9-17(22)20-12-8-16-13(7-11(12)19)21-18(23)10-26-16/h3-8H,2,9-10H2,1H3,(H,20,22)(H,21,23). The van der Waals surface area contributed by atoms with Gasteiger partial charge < -0.3 is 24.8 Å². The molecule has 2 aromatic carbocycles. The van der Waals surface area contributed by atoms with E-state index in [0.29, 0.717) is 35.2 Å². The molecule has 0 saturated heterocycles. The molecule has 0 unspecified atom stereocenters. The fraction of sp³-hybridized carbons (Fsp3) is 0.222. The maximum absolute atomic E-state index is 12.2. The minimum absolute atomic E-state index is 0.0840. The molecule has 0 spiro atoms. The van der Waals surface area contributed by atoms with Crippen molar-refractivity contribution in [2.45, 2.75) is 6.92 Å². The quantitative estimate of drug-likeness (QED) is 0.809. The van der Waals surface area contributed by atoms with Gasteiger partial charge in [-0.1, -0.05) is 23.7 Å². The molecule has 2 amide bonds. The van der Waals surface area contributed by atoms with Crippen LogP contribution in [0, 0.1) is 0 Å². The molecular weight excluding hydrogens is 360 g/mol. The number of carbonyl (C=O) groups excluding carboxylic acids is 2. The average molecular weight is 377 g/mol. The first-order valence-electron chi connectivity index (χ1n) is 7.97. The minimum Gasteiger partial charge on any atom is -0.490 e. The fourth-order valence-corrected chi connectivity index (χ4v) is 2.58. The predicted molar refractivity (Wildman–Crippen MR) is 97.3 cm³/mol. The van der Waals surface area contributed by atoms with Gasteiger partial charge in [-0.05, 0) is 25.1 Å². The summed E-state index contributed by atoms with van der Waals surface area (Å²) in [4.78, 5) is 23.5. The van der Waals surface area contributed by atoms with Gasteiger partial charge in [0.15, 0.2) is 24.7 Å². The van der Waals surface area contributed by atoms with Gasteiger partial charge in [0.2, 0.25) is 0 Å². The van der Waals surface area contributed by atoms with Crippen LogP contribution in [-0.4, -0.2) is 31.6 Å². The number of nitrogens with one attached hydrogen (secondary N) is 2. The van der Waals surface area contributed by atoms with Crippen molar-refractivity contribution >= 4 is 34.8 Å². The number of halogens is 1. The maximum atomic E-state index is 12.2. The van der Waals surface area contributed by atoms with Crippen molar-refractivity contribution in [3.8, 4) is 17.2 Å². The van der Waals surface area contributed by atoms with Crippen molar-refractivity contribution in [3.05, 3.63) is 41.4 Å². The monoisotopic (exact) mass is 376 g/mol. The van der Waals surface area contributed by atoms with Crippen molar-refractivity contribution in [2.75, 3.05) is 30.5 Å². The molecule has 26 heavy (non-hydrogen) atoms. The zero-order chi connectivity index (χ0) is 18.5. The minimum atomic E-state index is -0.391. The molecule has 2 aromatic rings. The van der Waals surface area contributed by atoms with E-state index in [-0.39, 0.29) is 24.1 Å². The Morgan fingerprint density at radius 1 is 1.27 bits per heavy atom. The number of benzene rings is 2. The summed E-state index contributed by atoms with van der Waals surface area (Å²) in [7, 11) is 0. The first-order chi connectivity index (χ1) is 12.6. The SMILES string of the molecule is CCOc1ccccc1OCC(=O)Nc1cc2c(cc1Cl)NC(=O)CO2. The lowest BCUT2D eigenvalue weighted by Crippen LogP contribution is -2.26. The molecule has 8 heteroatoms. The molecule has 2 N–H and O–H groups in total. The van der Waals surface area contributed by atoms with E-state index in [9.17, 15) is 9.59 Å². The molecule has 0 atom stereocenters. The lowest BCUT2D eigenvalue weighted by Gasteiger charge is -2.19. The smallest absolute Gasteiger partial charge is 0.262 e. The van der Waals surface area contributed by atoms with E-state index in [4.69, 9.17) is 25.8 Å². The van der Waals surface area contributed by atoms with Crippen LogP contribution in [0.4, 0.5) is 11.4 Å². The Kier molecular flexibility index (Phi) is 5.48. The van der Waals surface area contributed by atoms with Gasteiger partial charge in [-0.2, -0.15) is 0 Å². The van der Waals surface area contributed by atoms with Crippen molar-refractivity contribution in [3.63, 3.8) is 0 Å². The molecule has 7 nitrogen and oxygen atoms in total. The van der Waals surface area contributed by atoms with Crippen LogP contribution >= 0.6 is 11.6 Å². The van der Waals surface area contributed by atoms with Crippen molar-refractivity contribution in [1.82, 2.24) is 0 Å². The van der Waals surface area contributed by atoms with Gasteiger partial charge in [-0.25, -0.2) is 0 Å². The maximum Gasteiger partial charge on any atom is 0.262 e. The third-order valence-electron chi connectivity index (χ3n) is 3.48. The number of hydrogen-bond acceptors (Lipinski definition) is 5. The molecule has 1 heterocycles. The highest BCUT2D eigenvalue weighted by molar-refractivity contribution is 6.34. The first-order valence-corrected chi connectivity index (χ1v) is 8.35. The van der Waals surface area contributed by atoms with Crippen LogP contribution in [0.5, 0.6) is 17.2 Å². The van der Waals surface area contributed by atoms with Gasteiger partial charge in [-0.3, -0.25) is 9.59 Å². The molecule has 0 saturated carbocycles. The lowest BCUT2D eigenvalue weighted by atomic mass is 10.2. The van der Waals surface area contributed by atoms with Gasteiger partial charge in [0.05, 0.1) is 23.0 Å². The van der Waals surface area contributed by atoms with Crippen molar-refractivity contribution in [2.24, 2.45) is 0 Å². The van der Waals surface area contributed by atoms with E-state index in [0.717, 1.165) is 0 Å². The van der Waals surface area contributed by atoms with E-state index < -0.39 is 5.91 Å². The number of amides is 2. The molecule has 0 radical (unpaired) electrons. The normalized spacial score (nSPS) is 12.5. The first kappa shape index (κ1) is 17.9. The molecule has 0 fully saturated rings. The van der Waals surface area contributed by atoms with E-state index in [1.165, 1.54) is 6.07 Å². The molecule has 1 aliphatic rings. The van der Waals surface area contributed by atoms with Crippen LogP contribution in [0.3, 0.4) is 0 Å². The summed E-state index contributed by atoms with van der Waals surface area (Å²) in [5.41, 5.74) is 0.833. The zero-order valence-corrected chi connectivity index (χ0v) is 14.8. The average Bonchev–Trinajstić information content (AvgIpc) is 2.62. The van der Waals surface area contributed by atoms with E-state index in [1.807, 2.05) is 13.0 Å². The number of carbonyl (C=O) groups is 2. The Labute approximate surface area is 155 Å². The van der Waals surface area contributed by atoms with Crippen LogP contribution in [0.25, 0.3) is 0 Å². The Morgan fingerprint density at radius 2 is 2.00 bits per heavy atom. The summed E-state index contributed by atoms with van der Waals surface area (Å²) in [6, 6.07) is 10.2. The zero-order valence-electron chi connectivity index (χ0n) is 14.0.